The molecule has 1 aliphatic heterocycles. The second kappa shape index (κ2) is 5.29. The van der Waals surface area contributed by atoms with E-state index in [1.807, 2.05) is 0 Å². The highest BCUT2D eigenvalue weighted by Crippen LogP contribution is 2.29. The Bertz CT molecular complexity index is 415. The molecule has 2 N–H and O–H groups in total. The summed E-state index contributed by atoms with van der Waals surface area (Å²) < 4.78 is 5.71. The highest BCUT2D eigenvalue weighted by atomic mass is 16.5. The van der Waals surface area contributed by atoms with Gasteiger partial charge in [-0.2, -0.15) is 0 Å². The molecule has 98 valence electrons. The summed E-state index contributed by atoms with van der Waals surface area (Å²) in [6.45, 7) is 5.20. The second-order valence-corrected chi connectivity index (χ2v) is 5.48. The number of nitrogens with one attached hydrogen (secondary N) is 2. The molecule has 2 aliphatic rings. The van der Waals surface area contributed by atoms with Crippen LogP contribution in [0.3, 0.4) is 0 Å². The number of rotatable bonds is 6. The van der Waals surface area contributed by atoms with Crippen LogP contribution in [0.5, 0.6) is 5.75 Å². The third kappa shape index (κ3) is 3.03. The smallest absolute Gasteiger partial charge is 0.123 e. The van der Waals surface area contributed by atoms with Crippen molar-refractivity contribution >= 4 is 0 Å². The first kappa shape index (κ1) is 12.0. The van der Waals surface area contributed by atoms with E-state index in [0.717, 1.165) is 37.8 Å². The quantitative estimate of drug-likeness (QED) is 0.752. The molecule has 0 bridgehead atoms. The van der Waals surface area contributed by atoms with Crippen molar-refractivity contribution < 1.29 is 4.74 Å². The molecule has 0 radical (unpaired) electrons. The van der Waals surface area contributed by atoms with Crippen molar-refractivity contribution in [3.05, 3.63) is 29.3 Å². The largest absolute Gasteiger partial charge is 0.490 e. The topological polar surface area (TPSA) is 33.3 Å². The molecule has 3 nitrogen and oxygen atoms in total. The number of hydrogen-bond donors (Lipinski definition) is 2. The van der Waals surface area contributed by atoms with Gasteiger partial charge in [-0.05, 0) is 37.0 Å². The van der Waals surface area contributed by atoms with Crippen LogP contribution >= 0.6 is 0 Å². The van der Waals surface area contributed by atoms with Crippen LogP contribution in [0.2, 0.25) is 0 Å². The summed E-state index contributed by atoms with van der Waals surface area (Å²) in [5.74, 6) is 1.07. The molecule has 0 aromatic heterocycles. The van der Waals surface area contributed by atoms with E-state index < -0.39 is 0 Å². The third-order valence-corrected chi connectivity index (χ3v) is 3.60. The molecule has 1 aromatic rings. The summed E-state index contributed by atoms with van der Waals surface area (Å²) in [6.07, 6.45) is 4.12. The average molecular weight is 246 g/mol. The van der Waals surface area contributed by atoms with Gasteiger partial charge in [-0.25, -0.2) is 0 Å². The van der Waals surface area contributed by atoms with E-state index >= 15 is 0 Å². The number of benzene rings is 1. The maximum Gasteiger partial charge on any atom is 0.123 e. The normalized spacial score (nSPS) is 21.7. The van der Waals surface area contributed by atoms with Crippen LogP contribution in [0, 0.1) is 0 Å². The van der Waals surface area contributed by atoms with Gasteiger partial charge in [0.15, 0.2) is 0 Å². The Morgan fingerprint density at radius 1 is 1.28 bits per heavy atom. The SMILES string of the molecule is CC1Cc2cc(CNCCNC3CC3)ccc2O1. The molecule has 0 amide bonds. The number of fused-ring (bicyclic) bond motifs is 1. The lowest BCUT2D eigenvalue weighted by Gasteiger charge is -2.07. The van der Waals surface area contributed by atoms with Gasteiger partial charge in [0.1, 0.15) is 11.9 Å². The summed E-state index contributed by atoms with van der Waals surface area (Å²) in [5.41, 5.74) is 2.72. The predicted octanol–water partition coefficient (Wildman–Crippen LogP) is 1.85. The maximum atomic E-state index is 5.71. The summed E-state index contributed by atoms with van der Waals surface area (Å²) >= 11 is 0. The fourth-order valence-electron chi connectivity index (χ4n) is 2.47. The Balaban J connectivity index is 1.43. The predicted molar refractivity (Wildman–Crippen MR) is 73.0 cm³/mol. The first-order chi connectivity index (χ1) is 8.81. The number of ether oxygens (including phenoxy) is 1. The summed E-state index contributed by atoms with van der Waals surface area (Å²) in [7, 11) is 0. The first-order valence-electron chi connectivity index (χ1n) is 7.04. The minimum Gasteiger partial charge on any atom is -0.490 e. The van der Waals surface area contributed by atoms with Crippen molar-refractivity contribution in [2.45, 2.75) is 44.9 Å². The van der Waals surface area contributed by atoms with Crippen LogP contribution in [0.4, 0.5) is 0 Å². The Morgan fingerprint density at radius 2 is 2.17 bits per heavy atom. The van der Waals surface area contributed by atoms with Crippen LogP contribution in [-0.4, -0.2) is 25.2 Å². The van der Waals surface area contributed by atoms with E-state index in [0.29, 0.717) is 6.10 Å². The van der Waals surface area contributed by atoms with Crippen LogP contribution in [0.25, 0.3) is 0 Å². The van der Waals surface area contributed by atoms with Gasteiger partial charge in [-0.1, -0.05) is 12.1 Å². The van der Waals surface area contributed by atoms with Gasteiger partial charge in [0.25, 0.3) is 0 Å². The Labute approximate surface area is 109 Å². The molecule has 1 heterocycles. The molecule has 3 heteroatoms. The summed E-state index contributed by atoms with van der Waals surface area (Å²) in [5, 5.41) is 6.99. The van der Waals surface area contributed by atoms with E-state index in [1.165, 1.54) is 24.0 Å². The van der Waals surface area contributed by atoms with Crippen molar-refractivity contribution in [3.63, 3.8) is 0 Å². The molecular formula is C15H22N2O. The molecule has 1 aromatic carbocycles. The standard InChI is InChI=1S/C15H22N2O/c1-11-8-13-9-12(2-5-15(13)18-11)10-16-6-7-17-14-3-4-14/h2,5,9,11,14,16-17H,3-4,6-8,10H2,1H3. The molecule has 1 atom stereocenters. The van der Waals surface area contributed by atoms with Crippen LogP contribution in [0.1, 0.15) is 30.9 Å². The van der Waals surface area contributed by atoms with Gasteiger partial charge in [-0.3, -0.25) is 0 Å². The maximum absolute atomic E-state index is 5.71. The molecule has 0 saturated heterocycles. The zero-order chi connectivity index (χ0) is 12.4. The molecule has 0 spiro atoms. The zero-order valence-electron chi connectivity index (χ0n) is 11.0. The monoisotopic (exact) mass is 246 g/mol. The van der Waals surface area contributed by atoms with Crippen molar-refractivity contribution in [3.8, 4) is 5.75 Å². The van der Waals surface area contributed by atoms with Crippen molar-refractivity contribution in [2.24, 2.45) is 0 Å². The van der Waals surface area contributed by atoms with Gasteiger partial charge in [0.05, 0.1) is 0 Å². The van der Waals surface area contributed by atoms with Gasteiger partial charge in [0, 0.05) is 32.1 Å². The second-order valence-electron chi connectivity index (χ2n) is 5.48. The fraction of sp³-hybridized carbons (Fsp3) is 0.600. The zero-order valence-corrected chi connectivity index (χ0v) is 11.0. The van der Waals surface area contributed by atoms with Crippen molar-refractivity contribution in [2.75, 3.05) is 13.1 Å². The fourth-order valence-corrected chi connectivity index (χ4v) is 2.47. The summed E-state index contributed by atoms with van der Waals surface area (Å²) in [6, 6.07) is 7.36. The number of hydrogen-bond acceptors (Lipinski definition) is 3. The van der Waals surface area contributed by atoms with Gasteiger partial charge in [-0.15, -0.1) is 0 Å². The van der Waals surface area contributed by atoms with Gasteiger partial charge in [0.2, 0.25) is 0 Å². The van der Waals surface area contributed by atoms with E-state index in [9.17, 15) is 0 Å². The molecule has 1 unspecified atom stereocenters. The third-order valence-electron chi connectivity index (χ3n) is 3.60. The lowest BCUT2D eigenvalue weighted by molar-refractivity contribution is 0.254. The molecule has 1 fully saturated rings. The highest BCUT2D eigenvalue weighted by Gasteiger charge is 2.20. The molecular weight excluding hydrogens is 224 g/mol. The molecule has 1 saturated carbocycles. The van der Waals surface area contributed by atoms with Crippen LogP contribution < -0.4 is 15.4 Å². The highest BCUT2D eigenvalue weighted by molar-refractivity contribution is 5.40. The summed E-state index contributed by atoms with van der Waals surface area (Å²) in [4.78, 5) is 0. The van der Waals surface area contributed by atoms with Gasteiger partial charge >= 0.3 is 0 Å². The van der Waals surface area contributed by atoms with Crippen LogP contribution in [-0.2, 0) is 13.0 Å². The molecule has 3 rings (SSSR count). The van der Waals surface area contributed by atoms with E-state index in [-0.39, 0.29) is 0 Å². The minimum atomic E-state index is 0.339. The lowest BCUT2D eigenvalue weighted by Crippen LogP contribution is -2.28. The average Bonchev–Trinajstić information content (AvgIpc) is 3.09. The first-order valence-corrected chi connectivity index (χ1v) is 7.04. The minimum absolute atomic E-state index is 0.339. The van der Waals surface area contributed by atoms with Crippen molar-refractivity contribution in [1.29, 1.82) is 0 Å². The Hall–Kier alpha value is -1.06. The van der Waals surface area contributed by atoms with E-state index in [4.69, 9.17) is 4.74 Å². The van der Waals surface area contributed by atoms with E-state index in [1.54, 1.807) is 0 Å². The van der Waals surface area contributed by atoms with Crippen molar-refractivity contribution in [1.82, 2.24) is 10.6 Å². The van der Waals surface area contributed by atoms with Gasteiger partial charge < -0.3 is 15.4 Å². The lowest BCUT2D eigenvalue weighted by atomic mass is 10.1. The van der Waals surface area contributed by atoms with Crippen LogP contribution in [0.15, 0.2) is 18.2 Å². The molecule has 18 heavy (non-hydrogen) atoms. The Kier molecular flexibility index (Phi) is 3.52. The molecule has 1 aliphatic carbocycles. The van der Waals surface area contributed by atoms with E-state index in [2.05, 4.69) is 35.8 Å². The Morgan fingerprint density at radius 3 is 3.00 bits per heavy atom.